The Bertz CT molecular complexity index is 858. The molecule has 2 aromatic carbocycles. The molecule has 1 saturated heterocycles. The van der Waals surface area contributed by atoms with E-state index in [-0.39, 0.29) is 11.9 Å². The molecule has 0 radical (unpaired) electrons. The molecule has 1 aromatic heterocycles. The summed E-state index contributed by atoms with van der Waals surface area (Å²) in [6.07, 6.45) is 4.36. The molecule has 1 amide bonds. The summed E-state index contributed by atoms with van der Waals surface area (Å²) in [4.78, 5) is 16.4. The predicted molar refractivity (Wildman–Crippen MR) is 90.8 cm³/mol. The molecule has 1 atom stereocenters. The molecule has 1 aliphatic rings. The molecular weight excluding hydrogens is 302 g/mol. The highest BCUT2D eigenvalue weighted by Gasteiger charge is 2.27. The summed E-state index contributed by atoms with van der Waals surface area (Å²) in [6, 6.07) is 17.2. The predicted octanol–water partition coefficient (Wildman–Crippen LogP) is 3.40. The van der Waals surface area contributed by atoms with E-state index >= 15 is 0 Å². The summed E-state index contributed by atoms with van der Waals surface area (Å²) >= 11 is 0. The lowest BCUT2D eigenvalue weighted by Gasteiger charge is -2.13. The molecule has 0 aliphatic carbocycles. The van der Waals surface area contributed by atoms with Gasteiger partial charge in [0.05, 0.1) is 0 Å². The lowest BCUT2D eigenvalue weighted by Crippen LogP contribution is -2.21. The summed E-state index contributed by atoms with van der Waals surface area (Å²) in [7, 11) is 0. The fourth-order valence-electron chi connectivity index (χ4n) is 2.96. The molecule has 1 N–H and O–H groups in total. The van der Waals surface area contributed by atoms with Crippen molar-refractivity contribution in [2.24, 2.45) is 0 Å². The van der Waals surface area contributed by atoms with Gasteiger partial charge < -0.3 is 14.6 Å². The van der Waals surface area contributed by atoms with Gasteiger partial charge in [-0.05, 0) is 30.7 Å². The zero-order valence-electron chi connectivity index (χ0n) is 13.1. The number of nitrogens with one attached hydrogen (secondary N) is 1. The number of aromatic nitrogens is 2. The van der Waals surface area contributed by atoms with Crippen molar-refractivity contribution in [3.63, 3.8) is 0 Å². The molecule has 0 spiro atoms. The monoisotopic (exact) mass is 319 g/mol. The van der Waals surface area contributed by atoms with Crippen molar-refractivity contribution in [3.8, 4) is 22.9 Å². The summed E-state index contributed by atoms with van der Waals surface area (Å²) in [5.74, 6) is 2.35. The minimum atomic E-state index is -0.193. The number of carbonyl (C=O) groups excluding carboxylic acids is 1. The molecule has 0 unspecified atom stereocenters. The Morgan fingerprint density at radius 2 is 1.92 bits per heavy atom. The van der Waals surface area contributed by atoms with Crippen LogP contribution in [-0.2, 0) is 4.79 Å². The molecular formula is C19H17N3O2. The Hall–Kier alpha value is -3.08. The molecule has 1 aliphatic heterocycles. The number of rotatable bonds is 4. The van der Waals surface area contributed by atoms with Crippen LogP contribution in [0.4, 0.5) is 0 Å². The number of amides is 1. The van der Waals surface area contributed by atoms with Crippen molar-refractivity contribution >= 4 is 5.91 Å². The van der Waals surface area contributed by atoms with Crippen molar-refractivity contribution < 1.29 is 9.53 Å². The van der Waals surface area contributed by atoms with Gasteiger partial charge in [0.1, 0.15) is 23.4 Å². The highest BCUT2D eigenvalue weighted by Crippen LogP contribution is 2.29. The summed E-state index contributed by atoms with van der Waals surface area (Å²) in [5, 5.41) is 2.87. The topological polar surface area (TPSA) is 56.2 Å². The second-order valence-electron chi connectivity index (χ2n) is 5.70. The van der Waals surface area contributed by atoms with Gasteiger partial charge in [0.25, 0.3) is 0 Å². The number of hydrogen-bond acceptors (Lipinski definition) is 3. The maximum atomic E-state index is 12.0. The summed E-state index contributed by atoms with van der Waals surface area (Å²) in [5.41, 5.74) is 0.924. The number of imidazole rings is 1. The largest absolute Gasteiger partial charge is 0.457 e. The van der Waals surface area contributed by atoms with E-state index in [0.717, 1.165) is 29.3 Å². The average molecular weight is 319 g/mol. The van der Waals surface area contributed by atoms with Gasteiger partial charge in [-0.25, -0.2) is 4.98 Å². The maximum absolute atomic E-state index is 12.0. The summed E-state index contributed by atoms with van der Waals surface area (Å²) < 4.78 is 7.82. The highest BCUT2D eigenvalue weighted by molar-refractivity contribution is 5.83. The number of benzene rings is 2. The zero-order valence-corrected chi connectivity index (χ0v) is 13.1. The first kappa shape index (κ1) is 14.5. The number of hydrogen-bond donors (Lipinski definition) is 1. The third-order valence-electron chi connectivity index (χ3n) is 4.10. The third-order valence-corrected chi connectivity index (χ3v) is 4.10. The van der Waals surface area contributed by atoms with Crippen LogP contribution in [0.15, 0.2) is 67.0 Å². The van der Waals surface area contributed by atoms with E-state index in [1.165, 1.54) is 0 Å². The quantitative estimate of drug-likeness (QED) is 0.802. The molecule has 120 valence electrons. The van der Waals surface area contributed by atoms with Crippen LogP contribution >= 0.6 is 0 Å². The lowest BCUT2D eigenvalue weighted by atomic mass is 10.1. The molecule has 24 heavy (non-hydrogen) atoms. The Morgan fingerprint density at radius 3 is 2.71 bits per heavy atom. The zero-order chi connectivity index (χ0) is 16.4. The van der Waals surface area contributed by atoms with Crippen LogP contribution in [0.3, 0.4) is 0 Å². The van der Waals surface area contributed by atoms with E-state index in [1.54, 1.807) is 6.20 Å². The second-order valence-corrected chi connectivity index (χ2v) is 5.70. The van der Waals surface area contributed by atoms with Crippen LogP contribution in [0.2, 0.25) is 0 Å². The minimum absolute atomic E-state index is 0.0472. The van der Waals surface area contributed by atoms with Gasteiger partial charge in [-0.15, -0.1) is 0 Å². The molecule has 4 rings (SSSR count). The first-order chi connectivity index (χ1) is 11.8. The Balaban J connectivity index is 1.65. The first-order valence-electron chi connectivity index (χ1n) is 7.95. The van der Waals surface area contributed by atoms with Crippen LogP contribution < -0.4 is 10.1 Å². The van der Waals surface area contributed by atoms with Gasteiger partial charge in [0.2, 0.25) is 5.91 Å². The van der Waals surface area contributed by atoms with E-state index in [4.69, 9.17) is 4.74 Å². The van der Waals surface area contributed by atoms with Crippen LogP contribution in [0.25, 0.3) is 11.4 Å². The molecule has 0 bridgehead atoms. The highest BCUT2D eigenvalue weighted by atomic mass is 16.5. The van der Waals surface area contributed by atoms with Crippen molar-refractivity contribution in [3.05, 3.63) is 67.0 Å². The Morgan fingerprint density at radius 1 is 1.08 bits per heavy atom. The second kappa shape index (κ2) is 6.20. The number of nitrogens with zero attached hydrogens (tertiary/aromatic N) is 2. The van der Waals surface area contributed by atoms with Gasteiger partial charge in [-0.3, -0.25) is 4.79 Å². The van der Waals surface area contributed by atoms with Crippen LogP contribution in [-0.4, -0.2) is 22.0 Å². The minimum Gasteiger partial charge on any atom is -0.457 e. The number of ether oxygens (including phenoxy) is 1. The van der Waals surface area contributed by atoms with Crippen LogP contribution in [0.5, 0.6) is 11.5 Å². The maximum Gasteiger partial charge on any atom is 0.243 e. The number of carbonyl (C=O) groups is 1. The molecule has 3 aromatic rings. The lowest BCUT2D eigenvalue weighted by molar-refractivity contribution is -0.121. The fourth-order valence-corrected chi connectivity index (χ4v) is 2.96. The fraction of sp³-hybridized carbons (Fsp3) is 0.158. The first-order valence-corrected chi connectivity index (χ1v) is 7.95. The summed E-state index contributed by atoms with van der Waals surface area (Å²) in [6.45, 7) is 0.707. The van der Waals surface area contributed by atoms with Gasteiger partial charge in [-0.2, -0.15) is 0 Å². The van der Waals surface area contributed by atoms with Crippen LogP contribution in [0, 0.1) is 0 Å². The van der Waals surface area contributed by atoms with Crippen molar-refractivity contribution in [1.29, 1.82) is 0 Å². The normalized spacial score (nSPS) is 16.8. The van der Waals surface area contributed by atoms with Gasteiger partial charge in [0.15, 0.2) is 0 Å². The molecule has 5 nitrogen and oxygen atoms in total. The smallest absolute Gasteiger partial charge is 0.243 e. The number of para-hydroxylation sites is 1. The Kier molecular flexibility index (Phi) is 3.75. The molecule has 2 heterocycles. The van der Waals surface area contributed by atoms with E-state index in [2.05, 4.69) is 10.3 Å². The van der Waals surface area contributed by atoms with Crippen molar-refractivity contribution in [2.45, 2.75) is 12.5 Å². The molecule has 5 heteroatoms. The van der Waals surface area contributed by atoms with Gasteiger partial charge >= 0.3 is 0 Å². The van der Waals surface area contributed by atoms with Gasteiger partial charge in [0, 0.05) is 24.5 Å². The van der Waals surface area contributed by atoms with E-state index < -0.39 is 0 Å². The Labute approximate surface area is 139 Å². The average Bonchev–Trinajstić information content (AvgIpc) is 3.24. The van der Waals surface area contributed by atoms with Crippen molar-refractivity contribution in [2.75, 3.05) is 6.54 Å². The van der Waals surface area contributed by atoms with Crippen molar-refractivity contribution in [1.82, 2.24) is 14.9 Å². The van der Waals surface area contributed by atoms with E-state index in [0.29, 0.717) is 6.54 Å². The molecule has 0 saturated carbocycles. The van der Waals surface area contributed by atoms with Crippen LogP contribution in [0.1, 0.15) is 12.5 Å². The molecule has 1 fully saturated rings. The van der Waals surface area contributed by atoms with E-state index in [9.17, 15) is 4.79 Å². The standard InChI is InChI=1S/C19H17N3O2/c23-19-17(9-10-21-19)22-12-11-20-18(22)14-5-4-8-16(13-14)24-15-6-2-1-3-7-15/h1-8,11-13,17H,9-10H2,(H,21,23)/t17-/m1/s1. The SMILES string of the molecule is O=C1NCC[C@H]1n1ccnc1-c1cccc(Oc2ccccc2)c1. The van der Waals surface area contributed by atoms with E-state index in [1.807, 2.05) is 65.4 Å². The van der Waals surface area contributed by atoms with Gasteiger partial charge in [-0.1, -0.05) is 30.3 Å². The third kappa shape index (κ3) is 2.76.